The number of rotatable bonds is 11. The van der Waals surface area contributed by atoms with Crippen LogP contribution in [0.4, 0.5) is 4.39 Å². The van der Waals surface area contributed by atoms with Gasteiger partial charge in [-0.2, -0.15) is 0 Å². The predicted octanol–water partition coefficient (Wildman–Crippen LogP) is 7.45. The summed E-state index contributed by atoms with van der Waals surface area (Å²) in [4.78, 5) is 29.2. The number of amides is 2. The van der Waals surface area contributed by atoms with Gasteiger partial charge in [0.2, 0.25) is 11.8 Å². The van der Waals surface area contributed by atoms with Gasteiger partial charge in [-0.05, 0) is 48.2 Å². The minimum Gasteiger partial charge on any atom is -0.352 e. The maximum absolute atomic E-state index is 14.3. The zero-order valence-corrected chi connectivity index (χ0v) is 24.1. The van der Waals surface area contributed by atoms with E-state index in [0.717, 1.165) is 36.8 Å². The summed E-state index contributed by atoms with van der Waals surface area (Å²) in [6.45, 7) is 0.257. The number of carbonyl (C=O) groups excluding carboxylic acids is 2. The molecule has 2 amide bonds. The Bertz CT molecular complexity index is 1220. The van der Waals surface area contributed by atoms with Crippen LogP contribution in [0.2, 0.25) is 10.0 Å². The van der Waals surface area contributed by atoms with Gasteiger partial charge in [0, 0.05) is 40.4 Å². The third-order valence-corrected chi connectivity index (χ3v) is 8.57. The van der Waals surface area contributed by atoms with E-state index < -0.39 is 11.9 Å². The first kappa shape index (κ1) is 29.4. The molecule has 3 aromatic carbocycles. The van der Waals surface area contributed by atoms with Gasteiger partial charge < -0.3 is 10.2 Å². The van der Waals surface area contributed by atoms with Crippen molar-refractivity contribution in [3.05, 3.63) is 105 Å². The number of hydrogen-bond donors (Lipinski definition) is 1. The van der Waals surface area contributed by atoms with Crippen molar-refractivity contribution in [2.24, 2.45) is 0 Å². The highest BCUT2D eigenvalue weighted by atomic mass is 35.5. The second-order valence-corrected chi connectivity index (χ2v) is 11.7. The van der Waals surface area contributed by atoms with Crippen molar-refractivity contribution in [1.82, 2.24) is 10.2 Å². The lowest BCUT2D eigenvalue weighted by atomic mass is 9.94. The van der Waals surface area contributed by atoms with Crippen LogP contribution < -0.4 is 5.32 Å². The van der Waals surface area contributed by atoms with Crippen LogP contribution >= 0.6 is 35.0 Å². The molecule has 4 rings (SSSR count). The summed E-state index contributed by atoms with van der Waals surface area (Å²) < 4.78 is 14.3. The largest absolute Gasteiger partial charge is 0.352 e. The first-order chi connectivity index (χ1) is 18.9. The Kier molecular flexibility index (Phi) is 11.1. The maximum atomic E-state index is 14.3. The number of carbonyl (C=O) groups is 2. The van der Waals surface area contributed by atoms with E-state index in [2.05, 4.69) is 5.32 Å². The molecule has 0 radical (unpaired) electrons. The van der Waals surface area contributed by atoms with Crippen molar-refractivity contribution in [3.8, 4) is 0 Å². The molecule has 0 aliphatic heterocycles. The van der Waals surface area contributed by atoms with E-state index in [1.165, 1.54) is 24.2 Å². The van der Waals surface area contributed by atoms with Crippen LogP contribution in [0.5, 0.6) is 0 Å². The standard InChI is InChI=1S/C31H33Cl2FN2O2S/c32-24-16-14-23(15-17-24)19-36(30(37)21-39-20-26-27(33)12-7-13-28(26)34)29(18-22-8-3-1-4-9-22)31(38)35-25-10-5-2-6-11-25/h1,3-4,7-9,12-17,25,29H,2,5-6,10-11,18-21H2,(H,35,38)/t29-/m1/s1. The highest BCUT2D eigenvalue weighted by Crippen LogP contribution is 2.25. The number of hydrogen-bond acceptors (Lipinski definition) is 3. The minimum atomic E-state index is -0.699. The van der Waals surface area contributed by atoms with Gasteiger partial charge in [0.25, 0.3) is 0 Å². The molecule has 0 spiro atoms. The van der Waals surface area contributed by atoms with E-state index in [1.54, 1.807) is 29.2 Å². The topological polar surface area (TPSA) is 49.4 Å². The van der Waals surface area contributed by atoms with E-state index in [1.807, 2.05) is 42.5 Å². The Balaban J connectivity index is 1.57. The summed E-state index contributed by atoms with van der Waals surface area (Å²) in [5.41, 5.74) is 2.22. The Morgan fingerprint density at radius 2 is 1.64 bits per heavy atom. The molecule has 1 N–H and O–H groups in total. The van der Waals surface area contributed by atoms with Crippen LogP contribution in [0.3, 0.4) is 0 Å². The van der Waals surface area contributed by atoms with Crippen molar-refractivity contribution in [3.63, 3.8) is 0 Å². The van der Waals surface area contributed by atoms with Crippen molar-refractivity contribution in [2.45, 2.75) is 62.9 Å². The van der Waals surface area contributed by atoms with Crippen molar-refractivity contribution >= 4 is 46.8 Å². The molecule has 0 bridgehead atoms. The average molecular weight is 588 g/mol. The SMILES string of the molecule is O=C(NC1CCCCC1)[C@@H](Cc1ccccc1)N(Cc1ccc(Cl)cc1)C(=O)CSCc1c(F)cccc1Cl. The van der Waals surface area contributed by atoms with E-state index >= 15 is 0 Å². The lowest BCUT2D eigenvalue weighted by molar-refractivity contribution is -0.139. The summed E-state index contributed by atoms with van der Waals surface area (Å²) in [7, 11) is 0. The molecule has 0 unspecified atom stereocenters. The highest BCUT2D eigenvalue weighted by molar-refractivity contribution is 7.99. The van der Waals surface area contributed by atoms with Gasteiger partial charge >= 0.3 is 0 Å². The zero-order chi connectivity index (χ0) is 27.6. The molecule has 206 valence electrons. The number of nitrogens with one attached hydrogen (secondary N) is 1. The molecular formula is C31H33Cl2FN2O2S. The van der Waals surface area contributed by atoms with Crippen molar-refractivity contribution in [1.29, 1.82) is 0 Å². The zero-order valence-electron chi connectivity index (χ0n) is 21.8. The first-order valence-corrected chi connectivity index (χ1v) is 15.2. The third kappa shape index (κ3) is 8.72. The molecule has 1 aliphatic rings. The molecule has 4 nitrogen and oxygen atoms in total. The van der Waals surface area contributed by atoms with E-state index in [4.69, 9.17) is 23.2 Å². The molecular weight excluding hydrogens is 554 g/mol. The van der Waals surface area contributed by atoms with Crippen LogP contribution in [0, 0.1) is 5.82 Å². The Hall–Kier alpha value is -2.54. The summed E-state index contributed by atoms with van der Waals surface area (Å²) in [6.07, 6.45) is 5.67. The maximum Gasteiger partial charge on any atom is 0.243 e. The van der Waals surface area contributed by atoms with Crippen LogP contribution in [0.15, 0.2) is 72.8 Å². The molecule has 1 aliphatic carbocycles. The molecule has 1 saturated carbocycles. The number of thioether (sulfide) groups is 1. The molecule has 1 atom stereocenters. The third-order valence-electron chi connectivity index (χ3n) is 7.02. The highest BCUT2D eigenvalue weighted by Gasteiger charge is 2.32. The van der Waals surface area contributed by atoms with Crippen molar-refractivity contribution in [2.75, 3.05) is 5.75 Å². The van der Waals surface area contributed by atoms with Crippen molar-refractivity contribution < 1.29 is 14.0 Å². The van der Waals surface area contributed by atoms with Gasteiger partial charge in [0.15, 0.2) is 0 Å². The normalized spacial score (nSPS) is 14.5. The first-order valence-electron chi connectivity index (χ1n) is 13.3. The van der Waals surface area contributed by atoms with E-state index in [-0.39, 0.29) is 35.9 Å². The lowest BCUT2D eigenvalue weighted by Gasteiger charge is -2.33. The average Bonchev–Trinajstić information content (AvgIpc) is 2.94. The van der Waals surface area contributed by atoms with Gasteiger partial charge in [0.1, 0.15) is 11.9 Å². The summed E-state index contributed by atoms with van der Waals surface area (Å²) in [6, 6.07) is 21.0. The fourth-order valence-electron chi connectivity index (χ4n) is 4.88. The van der Waals surface area contributed by atoms with Crippen LogP contribution in [-0.4, -0.2) is 34.6 Å². The number of nitrogens with zero attached hydrogens (tertiary/aromatic N) is 1. The van der Waals surface area contributed by atoms with Crippen LogP contribution in [0.25, 0.3) is 0 Å². The Labute approximate surface area is 244 Å². The monoisotopic (exact) mass is 586 g/mol. The molecule has 1 fully saturated rings. The molecule has 0 heterocycles. The fraction of sp³-hybridized carbons (Fsp3) is 0.355. The molecule has 3 aromatic rings. The molecule has 39 heavy (non-hydrogen) atoms. The van der Waals surface area contributed by atoms with Crippen LogP contribution in [-0.2, 0) is 28.3 Å². The summed E-state index contributed by atoms with van der Waals surface area (Å²) in [5.74, 6) is -0.393. The van der Waals surface area contributed by atoms with E-state index in [0.29, 0.717) is 22.0 Å². The summed E-state index contributed by atoms with van der Waals surface area (Å²) in [5, 5.41) is 4.18. The van der Waals surface area contributed by atoms with Gasteiger partial charge in [0.05, 0.1) is 5.75 Å². The molecule has 8 heteroatoms. The Morgan fingerprint density at radius 3 is 2.33 bits per heavy atom. The Morgan fingerprint density at radius 1 is 0.923 bits per heavy atom. The van der Waals surface area contributed by atoms with Crippen LogP contribution in [0.1, 0.15) is 48.8 Å². The summed E-state index contributed by atoms with van der Waals surface area (Å²) >= 11 is 13.6. The predicted molar refractivity (Wildman–Crippen MR) is 159 cm³/mol. The smallest absolute Gasteiger partial charge is 0.243 e. The number of halogens is 3. The lowest BCUT2D eigenvalue weighted by Crippen LogP contribution is -2.53. The number of benzene rings is 3. The van der Waals surface area contributed by atoms with Gasteiger partial charge in [-0.1, -0.05) is 91.0 Å². The van der Waals surface area contributed by atoms with Gasteiger partial charge in [-0.25, -0.2) is 4.39 Å². The quantitative estimate of drug-likeness (QED) is 0.254. The van der Waals surface area contributed by atoms with Gasteiger partial charge in [-0.3, -0.25) is 9.59 Å². The van der Waals surface area contributed by atoms with E-state index in [9.17, 15) is 14.0 Å². The minimum absolute atomic E-state index is 0.0836. The molecule has 0 aromatic heterocycles. The van der Waals surface area contributed by atoms with Gasteiger partial charge in [-0.15, -0.1) is 11.8 Å². The molecule has 0 saturated heterocycles. The second kappa shape index (κ2) is 14.7. The second-order valence-electron chi connectivity index (χ2n) is 9.89. The fourth-order valence-corrected chi connectivity index (χ4v) is 6.25.